The van der Waals surface area contributed by atoms with Crippen molar-refractivity contribution in [2.75, 3.05) is 18.4 Å². The molecule has 2 aromatic heterocycles. The number of rotatable bonds is 3. The van der Waals surface area contributed by atoms with Gasteiger partial charge in [0.25, 0.3) is 0 Å². The number of carbonyl (C=O) groups excluding carboxylic acids is 1. The summed E-state index contributed by atoms with van der Waals surface area (Å²) in [4.78, 5) is 20.3. The maximum Gasteiger partial charge on any atom is 0.229 e. The molecule has 1 amide bonds. The van der Waals surface area contributed by atoms with Crippen LogP contribution in [0.4, 0.5) is 5.69 Å². The summed E-state index contributed by atoms with van der Waals surface area (Å²) in [6.07, 6.45) is 3.83. The Morgan fingerprint density at radius 3 is 2.85 bits per heavy atom. The molecule has 4 rings (SSSR count). The predicted octanol–water partition coefficient (Wildman–Crippen LogP) is 2.39. The minimum atomic E-state index is -0.103. The molecular weight excluding hydrogens is 375 g/mol. The molecule has 0 saturated carbocycles. The molecule has 0 aliphatic carbocycles. The van der Waals surface area contributed by atoms with Crippen molar-refractivity contribution in [1.82, 2.24) is 25.1 Å². The summed E-state index contributed by atoms with van der Waals surface area (Å²) in [6.45, 7) is 3.39. The van der Waals surface area contributed by atoms with Gasteiger partial charge in [0.15, 0.2) is 0 Å². The van der Waals surface area contributed by atoms with Gasteiger partial charge in [0.05, 0.1) is 23.1 Å². The fourth-order valence-electron chi connectivity index (χ4n) is 3.39. The Balaban J connectivity index is 0.00000121. The highest BCUT2D eigenvalue weighted by atomic mass is 35.5. The number of H-pyrrole nitrogens is 1. The summed E-state index contributed by atoms with van der Waals surface area (Å²) in [5, 5.41) is 10.6. The molecule has 9 heteroatoms. The Bertz CT molecular complexity index is 906. The standard InChI is InChI=1S/C17H20N6O.2ClH/c1-10-20-15-4-3-12(5-16(15)21-10)22-17(24)14-8-18-7-13(14)11-6-19-23(2)9-11;;/h3-6,9,13-14,18H,7-8H2,1-2H3,(H,20,21)(H,22,24);2*1H/t13-,14+;;/m1../s1. The fourth-order valence-corrected chi connectivity index (χ4v) is 3.39. The number of aromatic amines is 1. The van der Waals surface area contributed by atoms with Gasteiger partial charge >= 0.3 is 0 Å². The number of hydrogen-bond donors (Lipinski definition) is 3. The number of nitrogens with zero attached hydrogens (tertiary/aromatic N) is 3. The van der Waals surface area contributed by atoms with Gasteiger partial charge in [-0.05, 0) is 30.7 Å². The minimum absolute atomic E-state index is 0. The van der Waals surface area contributed by atoms with Gasteiger partial charge in [0.1, 0.15) is 5.82 Å². The number of anilines is 1. The van der Waals surface area contributed by atoms with Crippen LogP contribution in [0.5, 0.6) is 0 Å². The van der Waals surface area contributed by atoms with Crippen molar-refractivity contribution in [3.05, 3.63) is 42.0 Å². The van der Waals surface area contributed by atoms with Gasteiger partial charge in [-0.1, -0.05) is 0 Å². The fraction of sp³-hybridized carbons (Fsp3) is 0.353. The molecule has 1 saturated heterocycles. The van der Waals surface area contributed by atoms with Gasteiger partial charge in [0.2, 0.25) is 5.91 Å². The van der Waals surface area contributed by atoms with E-state index in [1.165, 1.54) is 0 Å². The molecule has 3 heterocycles. The number of benzene rings is 1. The van der Waals surface area contributed by atoms with E-state index in [-0.39, 0.29) is 42.6 Å². The van der Waals surface area contributed by atoms with E-state index >= 15 is 0 Å². The lowest BCUT2D eigenvalue weighted by Crippen LogP contribution is -2.28. The summed E-state index contributed by atoms with van der Waals surface area (Å²) >= 11 is 0. The Morgan fingerprint density at radius 2 is 2.12 bits per heavy atom. The lowest BCUT2D eigenvalue weighted by molar-refractivity contribution is -0.119. The normalized spacial score (nSPS) is 19.0. The topological polar surface area (TPSA) is 87.6 Å². The molecule has 1 aliphatic heterocycles. The highest BCUT2D eigenvalue weighted by Crippen LogP contribution is 2.29. The molecule has 3 aromatic rings. The Kier molecular flexibility index (Phi) is 6.28. The van der Waals surface area contributed by atoms with Crippen molar-refractivity contribution in [2.24, 2.45) is 13.0 Å². The molecule has 1 aromatic carbocycles. The van der Waals surface area contributed by atoms with E-state index in [9.17, 15) is 4.79 Å². The summed E-state index contributed by atoms with van der Waals surface area (Å²) in [5.41, 5.74) is 3.72. The number of amides is 1. The number of hydrogen-bond acceptors (Lipinski definition) is 4. The lowest BCUT2D eigenvalue weighted by atomic mass is 9.90. The van der Waals surface area contributed by atoms with Crippen LogP contribution in [-0.2, 0) is 11.8 Å². The Morgan fingerprint density at radius 1 is 1.31 bits per heavy atom. The van der Waals surface area contributed by atoms with Crippen molar-refractivity contribution >= 4 is 47.4 Å². The predicted molar refractivity (Wildman–Crippen MR) is 106 cm³/mol. The van der Waals surface area contributed by atoms with E-state index in [0.29, 0.717) is 6.54 Å². The minimum Gasteiger partial charge on any atom is -0.342 e. The van der Waals surface area contributed by atoms with Gasteiger partial charge in [-0.2, -0.15) is 5.10 Å². The zero-order valence-corrected chi connectivity index (χ0v) is 16.2. The molecule has 0 spiro atoms. The molecule has 1 fully saturated rings. The highest BCUT2D eigenvalue weighted by Gasteiger charge is 2.34. The third-order valence-electron chi connectivity index (χ3n) is 4.57. The largest absolute Gasteiger partial charge is 0.342 e. The second-order valence-electron chi connectivity index (χ2n) is 6.36. The van der Waals surface area contributed by atoms with E-state index in [0.717, 1.165) is 34.7 Å². The SMILES string of the molecule is Cc1nc2ccc(NC(=O)[C@H]3CNC[C@@H]3c3cnn(C)c3)cc2[nH]1.Cl.Cl. The van der Waals surface area contributed by atoms with Gasteiger partial charge in [-0.25, -0.2) is 4.98 Å². The molecule has 3 N–H and O–H groups in total. The van der Waals surface area contributed by atoms with Gasteiger partial charge in [-0.3, -0.25) is 9.48 Å². The van der Waals surface area contributed by atoms with Gasteiger partial charge in [-0.15, -0.1) is 24.8 Å². The molecule has 2 atom stereocenters. The monoisotopic (exact) mass is 396 g/mol. The quantitative estimate of drug-likeness (QED) is 0.634. The number of carbonyl (C=O) groups is 1. The first-order valence-corrected chi connectivity index (χ1v) is 8.06. The van der Waals surface area contributed by atoms with Crippen molar-refractivity contribution < 1.29 is 4.79 Å². The molecule has 0 bridgehead atoms. The molecular formula is C17H22Cl2N6O. The summed E-state index contributed by atoms with van der Waals surface area (Å²) in [7, 11) is 1.89. The van der Waals surface area contributed by atoms with Crippen LogP contribution in [0.2, 0.25) is 0 Å². The van der Waals surface area contributed by atoms with E-state index in [2.05, 4.69) is 25.7 Å². The van der Waals surface area contributed by atoms with E-state index in [1.807, 2.05) is 44.6 Å². The van der Waals surface area contributed by atoms with Crippen LogP contribution in [0.15, 0.2) is 30.6 Å². The van der Waals surface area contributed by atoms with Gasteiger partial charge in [0, 0.05) is 37.9 Å². The second-order valence-corrected chi connectivity index (χ2v) is 6.36. The molecule has 26 heavy (non-hydrogen) atoms. The number of aryl methyl sites for hydroxylation is 2. The number of nitrogens with one attached hydrogen (secondary N) is 3. The Hall–Kier alpha value is -2.09. The summed E-state index contributed by atoms with van der Waals surface area (Å²) in [5.74, 6) is 0.944. The first-order valence-electron chi connectivity index (χ1n) is 8.06. The van der Waals surface area contributed by atoms with E-state index < -0.39 is 0 Å². The maximum atomic E-state index is 12.7. The number of imidazole rings is 1. The molecule has 0 unspecified atom stereocenters. The maximum absolute atomic E-state index is 12.7. The average Bonchev–Trinajstić information content (AvgIpc) is 3.24. The molecule has 140 valence electrons. The first-order chi connectivity index (χ1) is 11.6. The number of halogens is 2. The number of fused-ring (bicyclic) bond motifs is 1. The smallest absolute Gasteiger partial charge is 0.229 e. The summed E-state index contributed by atoms with van der Waals surface area (Å²) in [6, 6.07) is 5.73. The van der Waals surface area contributed by atoms with Crippen molar-refractivity contribution in [3.8, 4) is 0 Å². The average molecular weight is 397 g/mol. The summed E-state index contributed by atoms with van der Waals surface area (Å²) < 4.78 is 1.77. The van der Waals surface area contributed by atoms with Crippen LogP contribution >= 0.6 is 24.8 Å². The highest BCUT2D eigenvalue weighted by molar-refractivity contribution is 5.95. The van der Waals surface area contributed by atoms with Crippen LogP contribution < -0.4 is 10.6 Å². The third-order valence-corrected chi connectivity index (χ3v) is 4.57. The van der Waals surface area contributed by atoms with Crippen LogP contribution in [0, 0.1) is 12.8 Å². The zero-order valence-electron chi connectivity index (χ0n) is 14.5. The van der Waals surface area contributed by atoms with Crippen LogP contribution in [0.25, 0.3) is 11.0 Å². The van der Waals surface area contributed by atoms with Crippen molar-refractivity contribution in [2.45, 2.75) is 12.8 Å². The molecule has 7 nitrogen and oxygen atoms in total. The third kappa shape index (κ3) is 3.85. The second kappa shape index (κ2) is 8.07. The van der Waals surface area contributed by atoms with Crippen LogP contribution in [-0.4, -0.2) is 38.7 Å². The molecule has 0 radical (unpaired) electrons. The molecule has 1 aliphatic rings. The Labute approximate surface area is 163 Å². The van der Waals surface area contributed by atoms with Crippen LogP contribution in [0.1, 0.15) is 17.3 Å². The zero-order chi connectivity index (χ0) is 16.7. The van der Waals surface area contributed by atoms with Crippen molar-refractivity contribution in [3.63, 3.8) is 0 Å². The number of aromatic nitrogens is 4. The van der Waals surface area contributed by atoms with Crippen LogP contribution in [0.3, 0.4) is 0 Å². The first kappa shape index (κ1) is 20.2. The van der Waals surface area contributed by atoms with E-state index in [1.54, 1.807) is 4.68 Å². The van der Waals surface area contributed by atoms with Gasteiger partial charge < -0.3 is 15.6 Å². The lowest BCUT2D eigenvalue weighted by Gasteiger charge is -2.17. The van der Waals surface area contributed by atoms with E-state index in [4.69, 9.17) is 0 Å². The van der Waals surface area contributed by atoms with Crippen molar-refractivity contribution in [1.29, 1.82) is 0 Å².